The van der Waals surface area contributed by atoms with Crippen molar-refractivity contribution in [1.82, 2.24) is 19.6 Å². The SMILES string of the molecule is CC(C)(C)[C@@H](C(=O)[O-])N1C(=O)c2c(F)c(F)c(F)c(F)c2C1=O.CC(C)(C)[C@@H](C(=O)[O-])N1C(=O)c2c(F)c(F)c(F)c(F)c2C1=O.CC(C)(C)[C@@H](C(=O)[O-])N1C(=O)c2c(F)c(F)c(F)c(F)c2C1=O.CC(C)(C)[C@@H](C(=O)[O-])N1C(=O)c2c(F)c(F)c(F)c(F)c2C1=O.[Rh+2].[Rh+2]. The molecule has 0 fully saturated rings. The number of amides is 8. The number of fused-ring (bicyclic) bond motifs is 4. The van der Waals surface area contributed by atoms with Crippen molar-refractivity contribution in [2.75, 3.05) is 0 Å². The summed E-state index contributed by atoms with van der Waals surface area (Å²) in [6, 6.07) is -7.56. The summed E-state index contributed by atoms with van der Waals surface area (Å²) in [6.45, 7) is 16.1. The van der Waals surface area contributed by atoms with Gasteiger partial charge < -0.3 is 39.6 Å². The number of nitrogens with zero attached hydrogens (tertiary/aromatic N) is 4. The molecule has 4 heterocycles. The molecule has 0 aromatic heterocycles. The molecule has 0 aliphatic carbocycles. The van der Waals surface area contributed by atoms with Crippen LogP contribution in [-0.2, 0) is 58.1 Å². The van der Waals surface area contributed by atoms with Crippen molar-refractivity contribution in [2.24, 2.45) is 21.7 Å². The minimum Gasteiger partial charge on any atom is -0.548 e. The molecular weight excluding hydrogens is 1490 g/mol. The van der Waals surface area contributed by atoms with Gasteiger partial charge in [0.2, 0.25) is 0 Å². The van der Waals surface area contributed by atoms with Crippen molar-refractivity contribution in [1.29, 1.82) is 0 Å². The van der Waals surface area contributed by atoms with Gasteiger partial charge in [0.1, 0.15) is 0 Å². The average molecular weight is 1530 g/mol. The summed E-state index contributed by atoms with van der Waals surface area (Å²) in [4.78, 5) is 143. The van der Waals surface area contributed by atoms with Crippen LogP contribution in [0, 0.1) is 115 Å². The smallest absolute Gasteiger partial charge is 0.548 e. The number of carbonyl (C=O) groups excluding carboxylic acids is 12. The van der Waals surface area contributed by atoms with Crippen molar-refractivity contribution < 1.29 is 187 Å². The van der Waals surface area contributed by atoms with Gasteiger partial charge in [-0.3, -0.25) is 58.0 Å². The fraction of sp³-hybridized carbons (Fsp3) is 0.357. The molecule has 0 N–H and O–H groups in total. The average Bonchev–Trinajstić information content (AvgIpc) is 1.61. The van der Waals surface area contributed by atoms with Gasteiger partial charge in [-0.1, -0.05) is 83.1 Å². The number of hydrogen-bond acceptors (Lipinski definition) is 16. The molecule has 4 aromatic rings. The largest absolute Gasteiger partial charge is 2.00 e. The number of imide groups is 4. The maximum Gasteiger partial charge on any atom is 2.00 e. The maximum atomic E-state index is 13.8. The van der Waals surface area contributed by atoms with E-state index in [-0.39, 0.29) is 58.6 Å². The van der Waals surface area contributed by atoms with Gasteiger partial charge in [-0.15, -0.1) is 0 Å². The normalized spacial score (nSPS) is 15.5. The fourth-order valence-corrected chi connectivity index (χ4v) is 9.79. The molecule has 4 aliphatic rings. The van der Waals surface area contributed by atoms with E-state index in [9.17, 15) is 148 Å². The molecular formula is C56H40F16N4O16Rh2. The Morgan fingerprint density at radius 2 is 0.319 bits per heavy atom. The molecule has 2 radical (unpaired) electrons. The molecule has 0 saturated heterocycles. The first kappa shape index (κ1) is 79.7. The molecule has 0 bridgehead atoms. The van der Waals surface area contributed by atoms with E-state index >= 15 is 0 Å². The number of halogens is 16. The Morgan fingerprint density at radius 1 is 0.234 bits per heavy atom. The van der Waals surface area contributed by atoms with Crippen LogP contribution in [0.4, 0.5) is 70.2 Å². The Morgan fingerprint density at radius 3 is 0.383 bits per heavy atom. The standard InChI is InChI=1S/4C14H11F4NO4.2Rh/c4*1-14(2,3)10(13(22)23)19-11(20)4-5(12(19)21)7(16)9(18)8(17)6(4)15;;/h4*10H,1-3H3,(H,22,23);;/q;;;;2*+2/p-4/t4*10-;;/m1111../s1. The van der Waals surface area contributed by atoms with Gasteiger partial charge in [-0.25, -0.2) is 70.2 Å². The van der Waals surface area contributed by atoms with Crippen LogP contribution < -0.4 is 20.4 Å². The van der Waals surface area contributed by atoms with E-state index in [0.29, 0.717) is 0 Å². The van der Waals surface area contributed by atoms with Crippen molar-refractivity contribution in [2.45, 2.75) is 107 Å². The van der Waals surface area contributed by atoms with Crippen LogP contribution in [0.2, 0.25) is 0 Å². The zero-order chi connectivity index (χ0) is 71.4. The summed E-state index contributed by atoms with van der Waals surface area (Å²) in [6.07, 6.45) is 0. The van der Waals surface area contributed by atoms with Crippen molar-refractivity contribution >= 4 is 71.1 Å². The Kier molecular flexibility index (Phi) is 22.9. The summed E-state index contributed by atoms with van der Waals surface area (Å²) in [5.41, 5.74) is -15.7. The molecule has 510 valence electrons. The van der Waals surface area contributed by atoms with Crippen LogP contribution in [0.5, 0.6) is 0 Å². The Bertz CT molecular complexity index is 3350. The third kappa shape index (κ3) is 13.2. The molecule has 94 heavy (non-hydrogen) atoms. The second-order valence-electron chi connectivity index (χ2n) is 24.3. The van der Waals surface area contributed by atoms with Crippen LogP contribution in [0.3, 0.4) is 0 Å². The fourth-order valence-electron chi connectivity index (χ4n) is 9.79. The van der Waals surface area contributed by atoms with Gasteiger partial charge in [-0.2, -0.15) is 0 Å². The van der Waals surface area contributed by atoms with Crippen LogP contribution in [-0.4, -0.2) is 115 Å². The predicted molar refractivity (Wildman–Crippen MR) is 260 cm³/mol. The first-order valence-corrected chi connectivity index (χ1v) is 25.4. The van der Waals surface area contributed by atoms with Gasteiger partial charge in [-0.05, 0) is 21.7 Å². The van der Waals surface area contributed by atoms with Crippen LogP contribution in [0.15, 0.2) is 0 Å². The summed E-state index contributed by atoms with van der Waals surface area (Å²) < 4.78 is 216. The molecule has 4 atom stereocenters. The number of carboxylic acid groups (broad SMARTS) is 4. The predicted octanol–water partition coefficient (Wildman–Crippen LogP) is 4.01. The van der Waals surface area contributed by atoms with E-state index in [4.69, 9.17) is 0 Å². The first-order valence-electron chi connectivity index (χ1n) is 25.4. The van der Waals surface area contributed by atoms with Crippen LogP contribution >= 0.6 is 0 Å². The van der Waals surface area contributed by atoms with Crippen molar-refractivity contribution in [3.05, 3.63) is 138 Å². The van der Waals surface area contributed by atoms with E-state index < -0.39 is 255 Å². The number of rotatable bonds is 8. The van der Waals surface area contributed by atoms with Gasteiger partial charge in [0.15, 0.2) is 93.1 Å². The van der Waals surface area contributed by atoms with Crippen molar-refractivity contribution in [3.8, 4) is 0 Å². The number of benzene rings is 4. The van der Waals surface area contributed by atoms with Crippen LogP contribution in [0.1, 0.15) is 166 Å². The first-order chi connectivity index (χ1) is 41.6. The van der Waals surface area contributed by atoms with E-state index in [1.165, 1.54) is 83.1 Å². The zero-order valence-corrected chi connectivity index (χ0v) is 52.6. The summed E-state index contributed by atoms with van der Waals surface area (Å²) in [5.74, 6) is -54.4. The molecule has 4 aliphatic heterocycles. The molecule has 0 unspecified atom stereocenters. The number of hydrogen-bond donors (Lipinski definition) is 0. The molecule has 8 amide bonds. The number of carboxylic acids is 4. The Balaban J connectivity index is 0.000000325. The summed E-state index contributed by atoms with van der Waals surface area (Å²) >= 11 is 0. The van der Waals surface area contributed by atoms with E-state index in [1.807, 2.05) is 0 Å². The molecule has 8 rings (SSSR count). The third-order valence-corrected chi connectivity index (χ3v) is 13.7. The second kappa shape index (κ2) is 27.0. The minimum atomic E-state index is -2.26. The Labute approximate surface area is 542 Å². The van der Waals surface area contributed by atoms with E-state index in [0.717, 1.165) is 0 Å². The van der Waals surface area contributed by atoms with E-state index in [1.54, 1.807) is 0 Å². The van der Waals surface area contributed by atoms with Gasteiger partial charge in [0.25, 0.3) is 47.3 Å². The Hall–Kier alpha value is -8.55. The molecule has 0 saturated carbocycles. The van der Waals surface area contributed by atoms with Gasteiger partial charge >= 0.3 is 39.0 Å². The van der Waals surface area contributed by atoms with Crippen molar-refractivity contribution in [3.63, 3.8) is 0 Å². The number of aliphatic carboxylic acids is 4. The maximum absolute atomic E-state index is 13.8. The van der Waals surface area contributed by atoms with Gasteiger partial charge in [0, 0.05) is 0 Å². The van der Waals surface area contributed by atoms with Crippen LogP contribution in [0.25, 0.3) is 0 Å². The molecule has 38 heteroatoms. The molecule has 4 aromatic carbocycles. The molecule has 20 nitrogen and oxygen atoms in total. The summed E-state index contributed by atoms with van der Waals surface area (Å²) in [5, 5.41) is 45.1. The minimum absolute atomic E-state index is 0. The quantitative estimate of drug-likeness (QED) is 0.0791. The third-order valence-electron chi connectivity index (χ3n) is 13.7. The van der Waals surface area contributed by atoms with E-state index in [2.05, 4.69) is 0 Å². The van der Waals surface area contributed by atoms with Gasteiger partial charge in [0.05, 0.1) is 92.6 Å². The topological polar surface area (TPSA) is 310 Å². The molecule has 0 spiro atoms. The second-order valence-corrected chi connectivity index (χ2v) is 24.3. The summed E-state index contributed by atoms with van der Waals surface area (Å²) in [7, 11) is 0. The number of carbonyl (C=O) groups is 12. The zero-order valence-electron chi connectivity index (χ0n) is 49.3. The monoisotopic (exact) mass is 1530 g/mol.